The van der Waals surface area contributed by atoms with Crippen molar-refractivity contribution in [1.29, 1.82) is 0 Å². The van der Waals surface area contributed by atoms with E-state index >= 15 is 0 Å². The molecule has 0 saturated carbocycles. The van der Waals surface area contributed by atoms with Crippen LogP contribution in [0.4, 0.5) is 9.59 Å². The number of primary amides is 2. The lowest BCUT2D eigenvalue weighted by molar-refractivity contribution is 0.0327. The van der Waals surface area contributed by atoms with Crippen molar-refractivity contribution < 1.29 is 19.1 Å². The minimum absolute atomic E-state index is 0.537. The molecule has 0 spiro atoms. The molecule has 9 heavy (non-hydrogen) atoms. The molecule has 0 aromatic heterocycles. The van der Waals surface area contributed by atoms with Gasteiger partial charge in [0.15, 0.2) is 0 Å². The highest BCUT2D eigenvalue weighted by atomic mass is 16.7. The molecular weight excluding hydrogens is 128 g/mol. The van der Waals surface area contributed by atoms with Crippen molar-refractivity contribution in [2.75, 3.05) is 6.79 Å². The number of carbonyl (C=O) groups is 2. The molecule has 52 valence electrons. The van der Waals surface area contributed by atoms with Gasteiger partial charge in [-0.1, -0.05) is 0 Å². The topological polar surface area (TPSA) is 105 Å². The molecule has 6 nitrogen and oxygen atoms in total. The van der Waals surface area contributed by atoms with Crippen LogP contribution in [0.25, 0.3) is 0 Å². The van der Waals surface area contributed by atoms with E-state index < -0.39 is 19.0 Å². The first-order chi connectivity index (χ1) is 4.13. The summed E-state index contributed by atoms with van der Waals surface area (Å²) in [4.78, 5) is 19.5. The minimum atomic E-state index is -1.02. The van der Waals surface area contributed by atoms with Gasteiger partial charge in [-0.25, -0.2) is 9.59 Å². The van der Waals surface area contributed by atoms with Gasteiger partial charge in [-0.15, -0.1) is 0 Å². The Morgan fingerprint density at radius 1 is 1.11 bits per heavy atom. The van der Waals surface area contributed by atoms with Gasteiger partial charge in [-0.3, -0.25) is 0 Å². The Balaban J connectivity index is 3.10. The number of hydrogen-bond donors (Lipinski definition) is 2. The summed E-state index contributed by atoms with van der Waals surface area (Å²) in [6, 6.07) is 0. The lowest BCUT2D eigenvalue weighted by Gasteiger charge is -1.98. The number of rotatable bonds is 2. The van der Waals surface area contributed by atoms with E-state index in [2.05, 4.69) is 20.9 Å². The molecule has 0 aliphatic heterocycles. The van der Waals surface area contributed by atoms with Crippen molar-refractivity contribution in [3.8, 4) is 0 Å². The van der Waals surface area contributed by atoms with Gasteiger partial charge in [-0.05, 0) is 0 Å². The van der Waals surface area contributed by atoms with Crippen molar-refractivity contribution in [3.63, 3.8) is 0 Å². The van der Waals surface area contributed by atoms with E-state index in [1.807, 2.05) is 0 Å². The summed E-state index contributed by atoms with van der Waals surface area (Å²) in [7, 11) is 0. The van der Waals surface area contributed by atoms with Crippen molar-refractivity contribution >= 4 is 12.2 Å². The van der Waals surface area contributed by atoms with Crippen LogP contribution in [-0.2, 0) is 9.47 Å². The molecule has 4 N–H and O–H groups in total. The third-order valence-corrected chi connectivity index (χ3v) is 0.402. The van der Waals surface area contributed by atoms with Gasteiger partial charge >= 0.3 is 12.2 Å². The van der Waals surface area contributed by atoms with Crippen LogP contribution in [0.5, 0.6) is 0 Å². The van der Waals surface area contributed by atoms with Gasteiger partial charge in [0.2, 0.25) is 6.79 Å². The maximum Gasteiger partial charge on any atom is 0.407 e. The van der Waals surface area contributed by atoms with Crippen molar-refractivity contribution in [1.82, 2.24) is 0 Å². The molecule has 0 atom stereocenters. The molecule has 0 heterocycles. The second-order valence-electron chi connectivity index (χ2n) is 1.04. The van der Waals surface area contributed by atoms with E-state index in [4.69, 9.17) is 0 Å². The summed E-state index contributed by atoms with van der Waals surface area (Å²) in [6.45, 7) is -0.537. The number of ether oxygens (including phenoxy) is 2. The fraction of sp³-hybridized carbons (Fsp3) is 0.333. The Labute approximate surface area is 50.7 Å². The second-order valence-corrected chi connectivity index (χ2v) is 1.04. The van der Waals surface area contributed by atoms with Crippen LogP contribution in [0.3, 0.4) is 0 Å². The molecule has 2 amide bonds. The molecule has 0 saturated heterocycles. The number of amides is 2. The SMILES string of the molecule is NC(=O)OCOC(N)=O. The van der Waals surface area contributed by atoms with E-state index in [0.29, 0.717) is 0 Å². The Morgan fingerprint density at radius 2 is 1.44 bits per heavy atom. The molecule has 0 radical (unpaired) electrons. The maximum atomic E-state index is 9.75. The third-order valence-electron chi connectivity index (χ3n) is 0.402. The molecule has 0 aromatic rings. The third kappa shape index (κ3) is 6.54. The summed E-state index contributed by atoms with van der Waals surface area (Å²) in [5.74, 6) is 0. The summed E-state index contributed by atoms with van der Waals surface area (Å²) < 4.78 is 7.94. The largest absolute Gasteiger partial charge is 0.412 e. The van der Waals surface area contributed by atoms with Gasteiger partial charge < -0.3 is 20.9 Å². The summed E-state index contributed by atoms with van der Waals surface area (Å²) in [5.41, 5.74) is 8.97. The fourth-order valence-electron chi connectivity index (χ4n) is 0.146. The summed E-state index contributed by atoms with van der Waals surface area (Å²) >= 11 is 0. The van der Waals surface area contributed by atoms with Gasteiger partial charge in [0, 0.05) is 0 Å². The van der Waals surface area contributed by atoms with Crippen molar-refractivity contribution in [2.24, 2.45) is 11.5 Å². The standard InChI is InChI=1S/C3H6N2O4/c4-2(6)8-1-9-3(5)7/h1H2,(H2,4,6)(H2,5,7). The van der Waals surface area contributed by atoms with Crippen LogP contribution >= 0.6 is 0 Å². The molecule has 0 aliphatic rings. The van der Waals surface area contributed by atoms with Crippen LogP contribution in [0.15, 0.2) is 0 Å². The van der Waals surface area contributed by atoms with E-state index in [1.54, 1.807) is 0 Å². The van der Waals surface area contributed by atoms with Gasteiger partial charge in [0.05, 0.1) is 0 Å². The zero-order chi connectivity index (χ0) is 7.28. The highest BCUT2D eigenvalue weighted by molar-refractivity contribution is 5.66. The Hall–Kier alpha value is -1.46. The highest BCUT2D eigenvalue weighted by Gasteiger charge is 1.94. The minimum Gasteiger partial charge on any atom is -0.412 e. The molecular formula is C3H6N2O4. The van der Waals surface area contributed by atoms with Crippen LogP contribution in [0.2, 0.25) is 0 Å². The maximum absolute atomic E-state index is 9.75. The number of hydrogen-bond acceptors (Lipinski definition) is 4. The first-order valence-corrected chi connectivity index (χ1v) is 1.97. The normalized spacial score (nSPS) is 8.00. The van der Waals surface area contributed by atoms with E-state index in [9.17, 15) is 9.59 Å². The molecule has 0 aliphatic carbocycles. The highest BCUT2D eigenvalue weighted by Crippen LogP contribution is 1.75. The Morgan fingerprint density at radius 3 is 1.67 bits per heavy atom. The zero-order valence-electron chi connectivity index (χ0n) is 4.49. The fourth-order valence-corrected chi connectivity index (χ4v) is 0.146. The molecule has 0 rings (SSSR count). The first kappa shape index (κ1) is 7.54. The Bertz CT molecular complexity index is 109. The number of carbonyl (C=O) groups excluding carboxylic acids is 2. The summed E-state index contributed by atoms with van der Waals surface area (Å²) in [6.07, 6.45) is -2.03. The lowest BCUT2D eigenvalue weighted by Crippen LogP contribution is -2.20. The average molecular weight is 134 g/mol. The molecule has 0 bridgehead atoms. The smallest absolute Gasteiger partial charge is 0.407 e. The quantitative estimate of drug-likeness (QED) is 0.479. The van der Waals surface area contributed by atoms with Crippen LogP contribution in [0.1, 0.15) is 0 Å². The van der Waals surface area contributed by atoms with Gasteiger partial charge in [0.25, 0.3) is 0 Å². The van der Waals surface area contributed by atoms with Gasteiger partial charge in [0.1, 0.15) is 0 Å². The van der Waals surface area contributed by atoms with Crippen LogP contribution < -0.4 is 11.5 Å². The molecule has 0 aromatic carbocycles. The predicted molar refractivity (Wildman–Crippen MR) is 26.2 cm³/mol. The average Bonchev–Trinajstić information content (AvgIpc) is 1.63. The predicted octanol–water partition coefficient (Wildman–Crippen LogP) is -0.866. The van der Waals surface area contributed by atoms with Crippen LogP contribution in [0, 0.1) is 0 Å². The van der Waals surface area contributed by atoms with E-state index in [1.165, 1.54) is 0 Å². The monoisotopic (exact) mass is 134 g/mol. The van der Waals surface area contributed by atoms with Crippen LogP contribution in [-0.4, -0.2) is 19.0 Å². The zero-order valence-corrected chi connectivity index (χ0v) is 4.49. The molecule has 0 fully saturated rings. The number of nitrogens with two attached hydrogens (primary N) is 2. The van der Waals surface area contributed by atoms with Gasteiger partial charge in [-0.2, -0.15) is 0 Å². The molecule has 0 unspecified atom stereocenters. The van der Waals surface area contributed by atoms with E-state index in [0.717, 1.165) is 0 Å². The lowest BCUT2D eigenvalue weighted by atomic mass is 11.2. The molecule has 6 heteroatoms. The first-order valence-electron chi connectivity index (χ1n) is 1.97. The summed E-state index contributed by atoms with van der Waals surface area (Å²) in [5, 5.41) is 0. The Kier molecular flexibility index (Phi) is 2.96. The van der Waals surface area contributed by atoms with Crippen molar-refractivity contribution in [2.45, 2.75) is 0 Å². The van der Waals surface area contributed by atoms with Crippen molar-refractivity contribution in [3.05, 3.63) is 0 Å². The van der Waals surface area contributed by atoms with E-state index in [-0.39, 0.29) is 0 Å². The second kappa shape index (κ2) is 3.53.